The molecule has 2 N–H and O–H groups in total. The topological polar surface area (TPSA) is 80.0 Å². The number of nitrogens with zero attached hydrogens (tertiary/aromatic N) is 3. The number of rotatable bonds is 6. The molecule has 6 heteroatoms. The van der Waals surface area contributed by atoms with E-state index in [1.807, 2.05) is 37.3 Å². The van der Waals surface area contributed by atoms with Gasteiger partial charge in [-0.3, -0.25) is 0 Å². The van der Waals surface area contributed by atoms with E-state index in [0.29, 0.717) is 18.7 Å². The van der Waals surface area contributed by atoms with Crippen molar-refractivity contribution in [2.24, 2.45) is 0 Å². The molecule has 0 bridgehead atoms. The van der Waals surface area contributed by atoms with Crippen LogP contribution in [0.1, 0.15) is 27.0 Å². The molecular weight excluding hydrogens is 304 g/mol. The summed E-state index contributed by atoms with van der Waals surface area (Å²) in [5.41, 5.74) is 4.31. The van der Waals surface area contributed by atoms with Crippen LogP contribution in [-0.4, -0.2) is 25.8 Å². The van der Waals surface area contributed by atoms with E-state index in [-0.39, 0.29) is 0 Å². The summed E-state index contributed by atoms with van der Waals surface area (Å²) in [5.74, 6) is -0.905. The van der Waals surface area contributed by atoms with Crippen LogP contribution in [-0.2, 0) is 13.1 Å². The number of aromatic nitrogens is 3. The first kappa shape index (κ1) is 15.7. The third kappa shape index (κ3) is 3.98. The molecule has 0 atom stereocenters. The van der Waals surface area contributed by atoms with Crippen LogP contribution >= 0.6 is 0 Å². The van der Waals surface area contributed by atoms with Crippen molar-refractivity contribution in [2.75, 3.05) is 5.32 Å². The van der Waals surface area contributed by atoms with Gasteiger partial charge in [0.25, 0.3) is 0 Å². The Labute approximate surface area is 139 Å². The Bertz CT molecular complexity index is 827. The van der Waals surface area contributed by atoms with Crippen molar-refractivity contribution in [3.63, 3.8) is 0 Å². The van der Waals surface area contributed by atoms with Crippen LogP contribution in [0.15, 0.2) is 55.1 Å². The number of nitrogens with one attached hydrogen (secondary N) is 1. The van der Waals surface area contributed by atoms with Crippen molar-refractivity contribution < 1.29 is 9.90 Å². The number of carboxylic acids is 1. The van der Waals surface area contributed by atoms with Crippen molar-refractivity contribution in [2.45, 2.75) is 20.0 Å². The van der Waals surface area contributed by atoms with Gasteiger partial charge in [-0.25, -0.2) is 14.5 Å². The second kappa shape index (κ2) is 6.95. The molecule has 0 unspecified atom stereocenters. The third-order valence-corrected chi connectivity index (χ3v) is 3.65. The summed E-state index contributed by atoms with van der Waals surface area (Å²) in [5, 5.41) is 16.5. The van der Waals surface area contributed by atoms with Gasteiger partial charge in [-0.05, 0) is 47.9 Å². The van der Waals surface area contributed by atoms with Gasteiger partial charge >= 0.3 is 5.97 Å². The Morgan fingerprint density at radius 3 is 2.62 bits per heavy atom. The first-order valence-corrected chi connectivity index (χ1v) is 7.59. The molecular formula is C18H18N4O2. The van der Waals surface area contributed by atoms with Crippen LogP contribution in [0.25, 0.3) is 0 Å². The largest absolute Gasteiger partial charge is 0.478 e. The van der Waals surface area contributed by atoms with Crippen LogP contribution in [0.5, 0.6) is 0 Å². The average Bonchev–Trinajstić information content (AvgIpc) is 3.07. The fourth-order valence-corrected chi connectivity index (χ4v) is 2.52. The van der Waals surface area contributed by atoms with Crippen LogP contribution in [0.4, 0.5) is 5.69 Å². The van der Waals surface area contributed by atoms with Gasteiger partial charge in [-0.1, -0.05) is 18.2 Å². The number of anilines is 1. The predicted octanol–water partition coefficient (Wildman–Crippen LogP) is 2.95. The summed E-state index contributed by atoms with van der Waals surface area (Å²) < 4.78 is 1.77. The number of carbonyl (C=O) groups is 1. The van der Waals surface area contributed by atoms with E-state index in [1.165, 1.54) is 6.33 Å². The standard InChI is InChI=1S/C18H18N4O2/c1-13-6-15(8-16(7-13)18(23)24)9-20-17-4-2-14(3-5-17)10-22-12-19-11-21-22/h2-8,11-12,20H,9-10H2,1H3,(H,23,24). The Balaban J connectivity index is 1.63. The van der Waals surface area contributed by atoms with Crippen molar-refractivity contribution in [1.82, 2.24) is 14.8 Å². The fourth-order valence-electron chi connectivity index (χ4n) is 2.52. The molecule has 0 aliphatic heterocycles. The summed E-state index contributed by atoms with van der Waals surface area (Å²) in [6.07, 6.45) is 3.20. The molecule has 0 aliphatic rings. The van der Waals surface area contributed by atoms with Crippen molar-refractivity contribution in [3.05, 3.63) is 77.4 Å². The molecule has 1 heterocycles. The highest BCUT2D eigenvalue weighted by atomic mass is 16.4. The molecule has 0 saturated carbocycles. The summed E-state index contributed by atoms with van der Waals surface area (Å²) in [7, 11) is 0. The lowest BCUT2D eigenvalue weighted by Gasteiger charge is -2.09. The molecule has 3 aromatic rings. The van der Waals surface area contributed by atoms with E-state index in [0.717, 1.165) is 22.4 Å². The Morgan fingerprint density at radius 2 is 1.96 bits per heavy atom. The van der Waals surface area contributed by atoms with Gasteiger partial charge in [0.1, 0.15) is 12.7 Å². The normalized spacial score (nSPS) is 10.5. The molecule has 0 aliphatic carbocycles. The number of aryl methyl sites for hydroxylation is 1. The van der Waals surface area contributed by atoms with Crippen LogP contribution < -0.4 is 5.32 Å². The highest BCUT2D eigenvalue weighted by Gasteiger charge is 2.05. The zero-order chi connectivity index (χ0) is 16.9. The van der Waals surface area contributed by atoms with Crippen molar-refractivity contribution in [1.29, 1.82) is 0 Å². The molecule has 1 aromatic heterocycles. The van der Waals surface area contributed by atoms with E-state index in [1.54, 1.807) is 23.1 Å². The first-order valence-electron chi connectivity index (χ1n) is 7.59. The highest BCUT2D eigenvalue weighted by Crippen LogP contribution is 2.14. The average molecular weight is 322 g/mol. The fraction of sp³-hybridized carbons (Fsp3) is 0.167. The van der Waals surface area contributed by atoms with E-state index in [2.05, 4.69) is 15.4 Å². The molecule has 6 nitrogen and oxygen atoms in total. The van der Waals surface area contributed by atoms with Gasteiger partial charge in [0.15, 0.2) is 0 Å². The van der Waals surface area contributed by atoms with E-state index >= 15 is 0 Å². The molecule has 2 aromatic carbocycles. The quantitative estimate of drug-likeness (QED) is 0.729. The van der Waals surface area contributed by atoms with Gasteiger partial charge in [0.2, 0.25) is 0 Å². The Kier molecular flexibility index (Phi) is 4.56. The van der Waals surface area contributed by atoms with Crippen molar-refractivity contribution >= 4 is 11.7 Å². The summed E-state index contributed by atoms with van der Waals surface area (Å²) in [6, 6.07) is 13.4. The lowest BCUT2D eigenvalue weighted by molar-refractivity contribution is 0.0696. The van der Waals surface area contributed by atoms with E-state index in [4.69, 9.17) is 5.11 Å². The molecule has 0 radical (unpaired) electrons. The van der Waals surface area contributed by atoms with Gasteiger partial charge in [0, 0.05) is 12.2 Å². The second-order valence-electron chi connectivity index (χ2n) is 5.66. The SMILES string of the molecule is Cc1cc(CNc2ccc(Cn3cncn3)cc2)cc(C(=O)O)c1. The predicted molar refractivity (Wildman–Crippen MR) is 91.0 cm³/mol. The van der Waals surface area contributed by atoms with Crippen molar-refractivity contribution in [3.8, 4) is 0 Å². The molecule has 0 fully saturated rings. The molecule has 0 spiro atoms. The smallest absolute Gasteiger partial charge is 0.335 e. The Morgan fingerprint density at radius 1 is 1.17 bits per heavy atom. The highest BCUT2D eigenvalue weighted by molar-refractivity contribution is 5.88. The second-order valence-corrected chi connectivity index (χ2v) is 5.66. The molecule has 0 saturated heterocycles. The minimum Gasteiger partial charge on any atom is -0.478 e. The van der Waals surface area contributed by atoms with E-state index < -0.39 is 5.97 Å². The lowest BCUT2D eigenvalue weighted by Crippen LogP contribution is -2.04. The molecule has 24 heavy (non-hydrogen) atoms. The zero-order valence-electron chi connectivity index (χ0n) is 13.3. The number of benzene rings is 2. The number of hydrogen-bond donors (Lipinski definition) is 2. The number of hydrogen-bond acceptors (Lipinski definition) is 4. The minimum absolute atomic E-state index is 0.315. The van der Waals surface area contributed by atoms with Gasteiger partial charge in [0.05, 0.1) is 12.1 Å². The maximum absolute atomic E-state index is 11.1. The van der Waals surface area contributed by atoms with Crippen LogP contribution in [0.2, 0.25) is 0 Å². The monoisotopic (exact) mass is 322 g/mol. The number of aromatic carboxylic acids is 1. The van der Waals surface area contributed by atoms with Crippen LogP contribution in [0, 0.1) is 6.92 Å². The summed E-state index contributed by atoms with van der Waals surface area (Å²) in [4.78, 5) is 15.0. The first-order chi connectivity index (χ1) is 11.6. The maximum atomic E-state index is 11.1. The third-order valence-electron chi connectivity index (χ3n) is 3.65. The zero-order valence-corrected chi connectivity index (χ0v) is 13.3. The van der Waals surface area contributed by atoms with Gasteiger partial charge in [-0.15, -0.1) is 0 Å². The minimum atomic E-state index is -0.905. The summed E-state index contributed by atoms with van der Waals surface area (Å²) in [6.45, 7) is 3.15. The molecule has 3 rings (SSSR count). The molecule has 0 amide bonds. The summed E-state index contributed by atoms with van der Waals surface area (Å²) >= 11 is 0. The van der Waals surface area contributed by atoms with Crippen LogP contribution in [0.3, 0.4) is 0 Å². The lowest BCUT2D eigenvalue weighted by atomic mass is 10.1. The number of carboxylic acid groups (broad SMARTS) is 1. The van der Waals surface area contributed by atoms with E-state index in [9.17, 15) is 4.79 Å². The maximum Gasteiger partial charge on any atom is 0.335 e. The Hall–Kier alpha value is -3.15. The molecule has 122 valence electrons. The van der Waals surface area contributed by atoms with Gasteiger partial charge in [-0.2, -0.15) is 5.10 Å². The van der Waals surface area contributed by atoms with Gasteiger partial charge < -0.3 is 10.4 Å².